The second kappa shape index (κ2) is 7.61. The van der Waals surface area contributed by atoms with Crippen LogP contribution in [0.25, 0.3) is 10.9 Å². The molecule has 0 radical (unpaired) electrons. The van der Waals surface area contributed by atoms with Crippen molar-refractivity contribution in [2.24, 2.45) is 0 Å². The Morgan fingerprint density at radius 3 is 2.92 bits per heavy atom. The Hall–Kier alpha value is -2.80. The Bertz CT molecular complexity index is 870. The van der Waals surface area contributed by atoms with Crippen molar-refractivity contribution in [1.82, 2.24) is 30.4 Å². The smallest absolute Gasteiger partial charge is 0.256 e. The fourth-order valence-electron chi connectivity index (χ4n) is 3.59. The van der Waals surface area contributed by atoms with Gasteiger partial charge < -0.3 is 10.2 Å². The average molecular weight is 350 g/mol. The van der Waals surface area contributed by atoms with Gasteiger partial charge in [-0.2, -0.15) is 5.10 Å². The van der Waals surface area contributed by atoms with Gasteiger partial charge in [0.15, 0.2) is 0 Å². The van der Waals surface area contributed by atoms with E-state index in [-0.39, 0.29) is 11.9 Å². The molecule has 0 unspecified atom stereocenters. The summed E-state index contributed by atoms with van der Waals surface area (Å²) in [6, 6.07) is 5.92. The number of hydrogen-bond donors (Lipinski definition) is 2. The quantitative estimate of drug-likeness (QED) is 0.753. The molecule has 1 saturated heterocycles. The second-order valence-electron chi connectivity index (χ2n) is 6.65. The summed E-state index contributed by atoms with van der Waals surface area (Å²) in [5.74, 6) is 0.0237. The Morgan fingerprint density at radius 2 is 2.04 bits per heavy atom. The van der Waals surface area contributed by atoms with Crippen LogP contribution in [-0.4, -0.2) is 50.1 Å². The van der Waals surface area contributed by atoms with Crippen LogP contribution in [0.3, 0.4) is 0 Å². The number of nitrogens with one attached hydrogen (secondary N) is 2. The Balaban J connectivity index is 1.69. The minimum atomic E-state index is 0.0237. The first-order chi connectivity index (χ1) is 12.8. The Morgan fingerprint density at radius 1 is 1.15 bits per heavy atom. The topological polar surface area (TPSA) is 86.8 Å². The molecular formula is C19H22N6O. The van der Waals surface area contributed by atoms with Crippen molar-refractivity contribution in [3.8, 4) is 0 Å². The largest absolute Gasteiger partial charge is 0.331 e. The molecule has 2 N–H and O–H groups in total. The van der Waals surface area contributed by atoms with E-state index in [0.29, 0.717) is 12.1 Å². The van der Waals surface area contributed by atoms with E-state index in [1.54, 1.807) is 18.6 Å². The second-order valence-corrected chi connectivity index (χ2v) is 6.65. The van der Waals surface area contributed by atoms with E-state index in [9.17, 15) is 4.79 Å². The van der Waals surface area contributed by atoms with E-state index < -0.39 is 0 Å². The minimum Gasteiger partial charge on any atom is -0.331 e. The number of benzene rings is 1. The molecular weight excluding hydrogens is 328 g/mol. The van der Waals surface area contributed by atoms with Crippen LogP contribution in [0.4, 0.5) is 0 Å². The molecule has 1 atom stereocenters. The Labute approximate surface area is 151 Å². The van der Waals surface area contributed by atoms with E-state index in [4.69, 9.17) is 0 Å². The molecule has 0 saturated carbocycles. The number of aromatic nitrogens is 4. The van der Waals surface area contributed by atoms with Crippen molar-refractivity contribution in [2.75, 3.05) is 13.1 Å². The number of hydrogen-bond acceptors (Lipinski definition) is 5. The van der Waals surface area contributed by atoms with Gasteiger partial charge in [-0.1, -0.05) is 12.1 Å². The lowest BCUT2D eigenvalue weighted by molar-refractivity contribution is 0.0646. The van der Waals surface area contributed by atoms with Crippen LogP contribution in [-0.2, 0) is 6.54 Å². The molecule has 26 heavy (non-hydrogen) atoms. The SMILES string of the molecule is O=C(c1cccc2cn[nH]c12)N(Cc1cncnc1)[C@@H]1CCCNCC1. The first-order valence-electron chi connectivity index (χ1n) is 9.00. The van der Waals surface area contributed by atoms with Crippen LogP contribution in [0.1, 0.15) is 35.2 Å². The van der Waals surface area contributed by atoms with Crippen LogP contribution >= 0.6 is 0 Å². The number of aromatic amines is 1. The highest BCUT2D eigenvalue weighted by molar-refractivity contribution is 6.05. The molecule has 4 rings (SSSR count). The summed E-state index contributed by atoms with van der Waals surface area (Å²) in [6.07, 6.45) is 9.81. The third-order valence-electron chi connectivity index (χ3n) is 4.92. The lowest BCUT2D eigenvalue weighted by atomic mass is 10.0. The third-order valence-corrected chi connectivity index (χ3v) is 4.92. The van der Waals surface area contributed by atoms with Gasteiger partial charge in [0.05, 0.1) is 17.3 Å². The molecule has 1 aliphatic rings. The number of H-pyrrole nitrogens is 1. The van der Waals surface area contributed by atoms with Gasteiger partial charge in [0.25, 0.3) is 5.91 Å². The number of rotatable bonds is 4. The molecule has 7 nitrogen and oxygen atoms in total. The third kappa shape index (κ3) is 3.43. The molecule has 1 amide bonds. The zero-order chi connectivity index (χ0) is 17.8. The van der Waals surface area contributed by atoms with E-state index >= 15 is 0 Å². The zero-order valence-corrected chi connectivity index (χ0v) is 14.6. The number of para-hydroxylation sites is 1. The summed E-state index contributed by atoms with van der Waals surface area (Å²) in [6.45, 7) is 2.44. The lowest BCUT2D eigenvalue weighted by Crippen LogP contribution is -2.40. The maximum absolute atomic E-state index is 13.5. The van der Waals surface area contributed by atoms with Crippen molar-refractivity contribution in [3.05, 3.63) is 54.2 Å². The zero-order valence-electron chi connectivity index (χ0n) is 14.6. The summed E-state index contributed by atoms with van der Waals surface area (Å²) < 4.78 is 0. The summed E-state index contributed by atoms with van der Waals surface area (Å²) in [5, 5.41) is 11.4. The molecule has 1 aliphatic heterocycles. The first kappa shape index (κ1) is 16.7. The van der Waals surface area contributed by atoms with Crippen LogP contribution in [0.2, 0.25) is 0 Å². The average Bonchev–Trinajstić information content (AvgIpc) is 3.01. The highest BCUT2D eigenvalue weighted by atomic mass is 16.2. The van der Waals surface area contributed by atoms with Crippen LogP contribution in [0, 0.1) is 0 Å². The summed E-state index contributed by atoms with van der Waals surface area (Å²) in [4.78, 5) is 23.7. The van der Waals surface area contributed by atoms with Crippen molar-refractivity contribution in [3.63, 3.8) is 0 Å². The number of amides is 1. The van der Waals surface area contributed by atoms with E-state index in [0.717, 1.165) is 48.8 Å². The van der Waals surface area contributed by atoms with E-state index in [1.165, 1.54) is 6.33 Å². The van der Waals surface area contributed by atoms with Gasteiger partial charge in [0, 0.05) is 35.9 Å². The maximum atomic E-state index is 13.5. The van der Waals surface area contributed by atoms with Crippen molar-refractivity contribution < 1.29 is 4.79 Å². The van der Waals surface area contributed by atoms with E-state index in [2.05, 4.69) is 25.5 Å². The number of carbonyl (C=O) groups is 1. The predicted molar refractivity (Wildman–Crippen MR) is 98.5 cm³/mol. The molecule has 0 bridgehead atoms. The molecule has 0 spiro atoms. The molecule has 2 aromatic heterocycles. The van der Waals surface area contributed by atoms with Gasteiger partial charge in [0.1, 0.15) is 6.33 Å². The number of fused-ring (bicyclic) bond motifs is 1. The van der Waals surface area contributed by atoms with Gasteiger partial charge in [-0.15, -0.1) is 0 Å². The maximum Gasteiger partial charge on any atom is 0.256 e. The van der Waals surface area contributed by atoms with Crippen molar-refractivity contribution >= 4 is 16.8 Å². The van der Waals surface area contributed by atoms with Gasteiger partial charge in [-0.25, -0.2) is 9.97 Å². The monoisotopic (exact) mass is 350 g/mol. The first-order valence-corrected chi connectivity index (χ1v) is 9.00. The minimum absolute atomic E-state index is 0.0237. The number of carbonyl (C=O) groups excluding carboxylic acids is 1. The standard InChI is InChI=1S/C19H22N6O/c26-19(17-5-1-3-15-11-23-24-18(15)17)25(12-14-9-21-13-22-10-14)16-4-2-7-20-8-6-16/h1,3,5,9-11,13,16,20H,2,4,6-8,12H2,(H,23,24)/t16-/m1/s1. The molecule has 7 heteroatoms. The van der Waals surface area contributed by atoms with Crippen molar-refractivity contribution in [2.45, 2.75) is 31.8 Å². The van der Waals surface area contributed by atoms with Gasteiger partial charge >= 0.3 is 0 Å². The Kier molecular flexibility index (Phi) is 4.88. The van der Waals surface area contributed by atoms with Gasteiger partial charge in [-0.3, -0.25) is 9.89 Å². The highest BCUT2D eigenvalue weighted by Crippen LogP contribution is 2.23. The van der Waals surface area contributed by atoms with Crippen LogP contribution in [0.15, 0.2) is 43.1 Å². The van der Waals surface area contributed by atoms with Gasteiger partial charge in [-0.05, 0) is 38.4 Å². The fourth-order valence-corrected chi connectivity index (χ4v) is 3.59. The number of nitrogens with zero attached hydrogens (tertiary/aromatic N) is 4. The molecule has 0 aliphatic carbocycles. The van der Waals surface area contributed by atoms with E-state index in [1.807, 2.05) is 23.1 Å². The lowest BCUT2D eigenvalue weighted by Gasteiger charge is -2.31. The van der Waals surface area contributed by atoms with Gasteiger partial charge in [0.2, 0.25) is 0 Å². The molecule has 134 valence electrons. The molecule has 3 heterocycles. The normalized spacial score (nSPS) is 17.8. The summed E-state index contributed by atoms with van der Waals surface area (Å²) in [7, 11) is 0. The molecule has 3 aromatic rings. The highest BCUT2D eigenvalue weighted by Gasteiger charge is 2.27. The molecule has 1 aromatic carbocycles. The summed E-state index contributed by atoms with van der Waals surface area (Å²) >= 11 is 0. The predicted octanol–water partition coefficient (Wildman–Crippen LogP) is 2.14. The van der Waals surface area contributed by atoms with Crippen LogP contribution in [0.5, 0.6) is 0 Å². The van der Waals surface area contributed by atoms with Crippen LogP contribution < -0.4 is 5.32 Å². The fraction of sp³-hybridized carbons (Fsp3) is 0.368. The molecule has 1 fully saturated rings. The summed E-state index contributed by atoms with van der Waals surface area (Å²) in [5.41, 5.74) is 2.39. The van der Waals surface area contributed by atoms with Crippen molar-refractivity contribution in [1.29, 1.82) is 0 Å².